The van der Waals surface area contributed by atoms with Crippen LogP contribution in [0, 0.1) is 5.82 Å². The van der Waals surface area contributed by atoms with E-state index in [1.807, 2.05) is 0 Å². The maximum absolute atomic E-state index is 13.6. The first-order valence-electron chi connectivity index (χ1n) is 10.9. The molecule has 0 saturated carbocycles. The van der Waals surface area contributed by atoms with Crippen LogP contribution in [0.5, 0.6) is 11.6 Å². The molecule has 3 heterocycles. The van der Waals surface area contributed by atoms with Crippen LogP contribution in [0.15, 0.2) is 22.7 Å². The molecular formula is C22H24BrFN4O5S. The van der Waals surface area contributed by atoms with E-state index in [1.165, 1.54) is 23.5 Å². The molecule has 2 aromatic heterocycles. The molecule has 12 heteroatoms. The third-order valence-corrected chi connectivity index (χ3v) is 7.01. The normalized spacial score (nSPS) is 14.5. The van der Waals surface area contributed by atoms with Crippen molar-refractivity contribution in [3.63, 3.8) is 0 Å². The first kappa shape index (κ1) is 24.6. The largest absolute Gasteiger partial charge is 0.489 e. The van der Waals surface area contributed by atoms with Gasteiger partial charge in [-0.15, -0.1) is 0 Å². The summed E-state index contributed by atoms with van der Waals surface area (Å²) >= 11 is 4.82. The van der Waals surface area contributed by atoms with Crippen LogP contribution in [0.1, 0.15) is 31.5 Å². The number of aryl methyl sites for hydroxylation is 1. The maximum Gasteiger partial charge on any atom is 0.303 e. The predicted molar refractivity (Wildman–Crippen MR) is 128 cm³/mol. The molecule has 1 saturated heterocycles. The second kappa shape index (κ2) is 11.2. The van der Waals surface area contributed by atoms with Gasteiger partial charge in [-0.25, -0.2) is 9.37 Å². The van der Waals surface area contributed by atoms with E-state index < -0.39 is 5.97 Å². The average molecular weight is 555 g/mol. The van der Waals surface area contributed by atoms with Gasteiger partial charge in [-0.2, -0.15) is 9.97 Å². The number of hydrogen-bond donors (Lipinski definition) is 2. The van der Waals surface area contributed by atoms with E-state index in [0.29, 0.717) is 51.8 Å². The lowest BCUT2D eigenvalue weighted by Crippen LogP contribution is -2.38. The summed E-state index contributed by atoms with van der Waals surface area (Å²) < 4.78 is 26.7. The molecule has 0 unspecified atom stereocenters. The Morgan fingerprint density at radius 2 is 2.06 bits per heavy atom. The van der Waals surface area contributed by atoms with Crippen molar-refractivity contribution < 1.29 is 28.9 Å². The van der Waals surface area contributed by atoms with Crippen LogP contribution < -0.4 is 14.4 Å². The zero-order chi connectivity index (χ0) is 24.1. The van der Waals surface area contributed by atoms with Gasteiger partial charge in [0.15, 0.2) is 10.8 Å². The van der Waals surface area contributed by atoms with E-state index in [9.17, 15) is 9.18 Å². The maximum atomic E-state index is 13.6. The van der Waals surface area contributed by atoms with Crippen molar-refractivity contribution in [1.29, 1.82) is 0 Å². The molecule has 0 radical (unpaired) electrons. The van der Waals surface area contributed by atoms with Crippen molar-refractivity contribution in [2.45, 2.75) is 38.2 Å². The van der Waals surface area contributed by atoms with Gasteiger partial charge in [0.2, 0.25) is 5.88 Å². The van der Waals surface area contributed by atoms with E-state index in [1.54, 1.807) is 6.07 Å². The van der Waals surface area contributed by atoms with Crippen molar-refractivity contribution >= 4 is 48.7 Å². The van der Waals surface area contributed by atoms with E-state index in [4.69, 9.17) is 19.7 Å². The van der Waals surface area contributed by atoms with Crippen LogP contribution in [-0.2, 0) is 11.2 Å². The van der Waals surface area contributed by atoms with E-state index in [-0.39, 0.29) is 38.0 Å². The first-order chi connectivity index (χ1) is 16.4. The van der Waals surface area contributed by atoms with Gasteiger partial charge in [0.05, 0.1) is 17.5 Å². The fraction of sp³-hybridized carbons (Fsp3) is 0.455. The molecule has 0 atom stereocenters. The molecule has 34 heavy (non-hydrogen) atoms. The number of benzene rings is 1. The third kappa shape index (κ3) is 6.10. The summed E-state index contributed by atoms with van der Waals surface area (Å²) in [5, 5.41) is 18.8. The minimum absolute atomic E-state index is 0.00273. The molecule has 2 N–H and O–H groups in total. The lowest BCUT2D eigenvalue weighted by Gasteiger charge is -2.32. The number of carboxylic acid groups (broad SMARTS) is 1. The summed E-state index contributed by atoms with van der Waals surface area (Å²) in [6.45, 7) is 1.69. The number of rotatable bonds is 10. The quantitative estimate of drug-likeness (QED) is 0.360. The van der Waals surface area contributed by atoms with Crippen molar-refractivity contribution in [2.75, 3.05) is 31.2 Å². The number of nitrogens with zero attached hydrogens (tertiary/aromatic N) is 4. The predicted octanol–water partition coefficient (Wildman–Crippen LogP) is 3.81. The van der Waals surface area contributed by atoms with Gasteiger partial charge in [0, 0.05) is 51.4 Å². The van der Waals surface area contributed by atoms with Crippen molar-refractivity contribution in [1.82, 2.24) is 15.0 Å². The highest BCUT2D eigenvalue weighted by Gasteiger charge is 2.25. The fourth-order valence-electron chi connectivity index (χ4n) is 3.54. The number of ether oxygens (including phenoxy) is 2. The van der Waals surface area contributed by atoms with Crippen molar-refractivity contribution in [3.05, 3.63) is 34.3 Å². The Kier molecular flexibility index (Phi) is 8.11. The summed E-state index contributed by atoms with van der Waals surface area (Å²) in [5.41, 5.74) is 0.469. The lowest BCUT2D eigenvalue weighted by molar-refractivity contribution is -0.137. The summed E-state index contributed by atoms with van der Waals surface area (Å²) in [6.07, 6.45) is 1.99. The number of aliphatic hydroxyl groups is 1. The molecule has 3 aromatic rings. The van der Waals surface area contributed by atoms with Crippen molar-refractivity contribution in [2.24, 2.45) is 0 Å². The molecule has 1 aromatic carbocycles. The van der Waals surface area contributed by atoms with Gasteiger partial charge < -0.3 is 24.6 Å². The Labute approximate surface area is 207 Å². The van der Waals surface area contributed by atoms with E-state index in [2.05, 4.69) is 35.8 Å². The SMILES string of the molecule is O=C(O)CCc1nc(OCCCO)c2sc(N3CCC(Oc4cc(F)ccc4Br)CC3)nc2n1. The van der Waals surface area contributed by atoms with Crippen molar-refractivity contribution in [3.8, 4) is 11.6 Å². The number of carbonyl (C=O) groups is 1. The third-order valence-electron chi connectivity index (χ3n) is 5.26. The second-order valence-electron chi connectivity index (χ2n) is 7.79. The molecule has 0 bridgehead atoms. The summed E-state index contributed by atoms with van der Waals surface area (Å²) in [5.74, 6) is -0.0608. The standard InChI is InChI=1S/C22H24BrFN4O5S/c23-15-3-2-13(24)12-16(15)33-14-6-8-28(9-7-14)22-27-20-19(34-22)21(32-11-1-10-29)26-17(25-20)4-5-18(30)31/h2-3,12,14,29H,1,4-11H2,(H,30,31). The van der Waals surface area contributed by atoms with Gasteiger partial charge in [-0.3, -0.25) is 4.79 Å². The number of thiazole rings is 1. The summed E-state index contributed by atoms with van der Waals surface area (Å²) in [7, 11) is 0. The molecule has 1 aliphatic heterocycles. The Balaban J connectivity index is 1.47. The zero-order valence-corrected chi connectivity index (χ0v) is 20.6. The molecule has 9 nitrogen and oxygen atoms in total. The number of piperidine rings is 1. The molecule has 4 rings (SSSR count). The summed E-state index contributed by atoms with van der Waals surface area (Å²) in [4.78, 5) is 26.6. The topological polar surface area (TPSA) is 118 Å². The number of aliphatic carboxylic acids is 1. The van der Waals surface area contributed by atoms with Crippen LogP contribution in [0.3, 0.4) is 0 Å². The van der Waals surface area contributed by atoms with E-state index >= 15 is 0 Å². The molecule has 1 fully saturated rings. The van der Waals surface area contributed by atoms with Crippen LogP contribution in [0.25, 0.3) is 10.3 Å². The van der Waals surface area contributed by atoms with Gasteiger partial charge in [0.25, 0.3) is 0 Å². The van der Waals surface area contributed by atoms with Gasteiger partial charge in [-0.1, -0.05) is 11.3 Å². The average Bonchev–Trinajstić information content (AvgIpc) is 3.25. The number of anilines is 1. The molecule has 182 valence electrons. The number of carboxylic acids is 1. The smallest absolute Gasteiger partial charge is 0.303 e. The summed E-state index contributed by atoms with van der Waals surface area (Å²) in [6, 6.07) is 4.39. The Hall–Kier alpha value is -2.57. The number of fused-ring (bicyclic) bond motifs is 1. The minimum atomic E-state index is -0.930. The Bertz CT molecular complexity index is 1160. The van der Waals surface area contributed by atoms with Crippen LogP contribution in [0.4, 0.5) is 9.52 Å². The molecule has 0 spiro atoms. The van der Waals surface area contributed by atoms with Gasteiger partial charge in [0.1, 0.15) is 28.2 Å². The zero-order valence-electron chi connectivity index (χ0n) is 18.2. The molecule has 0 aliphatic carbocycles. The Morgan fingerprint density at radius 1 is 1.26 bits per heavy atom. The van der Waals surface area contributed by atoms with E-state index in [0.717, 1.165) is 18.0 Å². The highest BCUT2D eigenvalue weighted by molar-refractivity contribution is 9.10. The highest BCUT2D eigenvalue weighted by Crippen LogP contribution is 2.36. The number of hydrogen-bond acceptors (Lipinski definition) is 9. The lowest BCUT2D eigenvalue weighted by atomic mass is 10.1. The fourth-order valence-corrected chi connectivity index (χ4v) is 4.88. The van der Waals surface area contributed by atoms with Gasteiger partial charge >= 0.3 is 5.97 Å². The van der Waals surface area contributed by atoms with Crippen LogP contribution in [0.2, 0.25) is 0 Å². The molecule has 1 aliphatic rings. The Morgan fingerprint density at radius 3 is 2.79 bits per heavy atom. The molecular weight excluding hydrogens is 531 g/mol. The number of aliphatic hydroxyl groups excluding tert-OH is 1. The van der Waals surface area contributed by atoms with Gasteiger partial charge in [-0.05, 0) is 28.1 Å². The van der Waals surface area contributed by atoms with Crippen LogP contribution >= 0.6 is 27.3 Å². The number of halogens is 2. The second-order valence-corrected chi connectivity index (χ2v) is 9.62. The van der Waals surface area contributed by atoms with Crippen LogP contribution in [-0.4, -0.2) is 63.5 Å². The minimum Gasteiger partial charge on any atom is -0.489 e. The first-order valence-corrected chi connectivity index (χ1v) is 12.5. The monoisotopic (exact) mass is 554 g/mol. The highest BCUT2D eigenvalue weighted by atomic mass is 79.9. The molecule has 0 amide bonds. The number of aromatic nitrogens is 3.